The van der Waals surface area contributed by atoms with Crippen molar-refractivity contribution in [1.82, 2.24) is 5.01 Å². The molecule has 7 heteroatoms. The molecule has 7 nitrogen and oxygen atoms in total. The number of aliphatic hydroxyl groups is 1. The van der Waals surface area contributed by atoms with Crippen LogP contribution in [0.2, 0.25) is 0 Å². The van der Waals surface area contributed by atoms with E-state index in [4.69, 9.17) is 4.74 Å². The zero-order chi connectivity index (χ0) is 17.0. The number of benzene rings is 1. The minimum atomic E-state index is -1.11. The van der Waals surface area contributed by atoms with E-state index in [-0.39, 0.29) is 12.5 Å². The standard InChI is InChI=1S/C16H21N3O4/c1-4-6-14-18-19(11(3)21)16(23-14)15(22)17-13-8-5-7-12(9-20)10(13)2/h5,7-8,16,20H,4,6,9H2,1-3H3,(H,17,22). The topological polar surface area (TPSA) is 91.2 Å². The number of hydrogen-bond donors (Lipinski definition) is 2. The van der Waals surface area contributed by atoms with E-state index in [9.17, 15) is 14.7 Å². The third kappa shape index (κ3) is 3.68. The average molecular weight is 319 g/mol. The highest BCUT2D eigenvalue weighted by Gasteiger charge is 2.36. The molecule has 0 radical (unpaired) electrons. The highest BCUT2D eigenvalue weighted by atomic mass is 16.5. The van der Waals surface area contributed by atoms with Gasteiger partial charge in [-0.15, -0.1) is 5.10 Å². The van der Waals surface area contributed by atoms with E-state index >= 15 is 0 Å². The smallest absolute Gasteiger partial charge is 0.289 e. The summed E-state index contributed by atoms with van der Waals surface area (Å²) in [7, 11) is 0. The van der Waals surface area contributed by atoms with Crippen molar-refractivity contribution in [2.45, 2.75) is 46.4 Å². The van der Waals surface area contributed by atoms with E-state index in [0.29, 0.717) is 18.0 Å². The van der Waals surface area contributed by atoms with Gasteiger partial charge in [0.25, 0.3) is 12.1 Å². The molecule has 2 rings (SSSR count). The van der Waals surface area contributed by atoms with Crippen LogP contribution in [0.3, 0.4) is 0 Å². The SMILES string of the molecule is CCCC1=NN(C(C)=O)C(C(=O)Nc2cccc(CO)c2C)O1. The molecule has 124 valence electrons. The number of hydrazone groups is 1. The molecule has 1 unspecified atom stereocenters. The summed E-state index contributed by atoms with van der Waals surface area (Å²) in [5.41, 5.74) is 2.06. The maximum absolute atomic E-state index is 12.5. The van der Waals surface area contributed by atoms with Crippen molar-refractivity contribution in [3.8, 4) is 0 Å². The van der Waals surface area contributed by atoms with Crippen LogP contribution in [0.4, 0.5) is 5.69 Å². The van der Waals surface area contributed by atoms with Crippen LogP contribution in [-0.2, 0) is 20.9 Å². The number of aliphatic hydroxyl groups excluding tert-OH is 1. The van der Waals surface area contributed by atoms with Gasteiger partial charge in [0.2, 0.25) is 11.8 Å². The molecule has 0 aromatic heterocycles. The van der Waals surface area contributed by atoms with Crippen molar-refractivity contribution in [1.29, 1.82) is 0 Å². The van der Waals surface area contributed by atoms with Crippen LogP contribution in [0.25, 0.3) is 0 Å². The molecular weight excluding hydrogens is 298 g/mol. The predicted octanol–water partition coefficient (Wildman–Crippen LogP) is 1.74. The molecule has 0 saturated heterocycles. The summed E-state index contributed by atoms with van der Waals surface area (Å²) >= 11 is 0. The van der Waals surface area contributed by atoms with Crippen molar-refractivity contribution in [3.63, 3.8) is 0 Å². The second-order valence-corrected chi connectivity index (χ2v) is 5.31. The van der Waals surface area contributed by atoms with Gasteiger partial charge in [0.1, 0.15) is 0 Å². The van der Waals surface area contributed by atoms with Crippen molar-refractivity contribution in [2.24, 2.45) is 5.10 Å². The first-order chi connectivity index (χ1) is 11.0. The maximum atomic E-state index is 12.5. The molecule has 23 heavy (non-hydrogen) atoms. The Hall–Kier alpha value is -2.41. The number of hydrogen-bond acceptors (Lipinski definition) is 5. The molecule has 1 aromatic carbocycles. The number of carbonyl (C=O) groups excluding carboxylic acids is 2. The zero-order valence-electron chi connectivity index (χ0n) is 13.5. The Morgan fingerprint density at radius 2 is 2.17 bits per heavy atom. The van der Waals surface area contributed by atoms with E-state index in [1.54, 1.807) is 25.1 Å². The fourth-order valence-electron chi connectivity index (χ4n) is 2.28. The summed E-state index contributed by atoms with van der Waals surface area (Å²) in [6.45, 7) is 4.98. The van der Waals surface area contributed by atoms with E-state index in [2.05, 4.69) is 10.4 Å². The fourth-order valence-corrected chi connectivity index (χ4v) is 2.28. The van der Waals surface area contributed by atoms with Gasteiger partial charge >= 0.3 is 0 Å². The molecule has 0 spiro atoms. The van der Waals surface area contributed by atoms with Crippen molar-refractivity contribution in [2.75, 3.05) is 5.32 Å². The molecular formula is C16H21N3O4. The number of amides is 2. The normalized spacial score (nSPS) is 16.8. The minimum Gasteiger partial charge on any atom is -0.444 e. The van der Waals surface area contributed by atoms with E-state index in [1.807, 2.05) is 6.92 Å². The molecule has 1 heterocycles. The Morgan fingerprint density at radius 3 is 2.78 bits per heavy atom. The molecule has 1 aliphatic heterocycles. The van der Waals surface area contributed by atoms with Gasteiger partial charge in [0.15, 0.2) is 0 Å². The summed E-state index contributed by atoms with van der Waals surface area (Å²) in [6.07, 6.45) is 0.259. The van der Waals surface area contributed by atoms with Gasteiger partial charge < -0.3 is 15.2 Å². The highest BCUT2D eigenvalue weighted by Crippen LogP contribution is 2.22. The van der Waals surface area contributed by atoms with Gasteiger partial charge in [-0.2, -0.15) is 5.01 Å². The van der Waals surface area contributed by atoms with Crippen molar-refractivity contribution < 1.29 is 19.4 Å². The summed E-state index contributed by atoms with van der Waals surface area (Å²) < 4.78 is 5.50. The van der Waals surface area contributed by atoms with Crippen molar-refractivity contribution in [3.05, 3.63) is 29.3 Å². The number of nitrogens with one attached hydrogen (secondary N) is 1. The van der Waals surface area contributed by atoms with E-state index in [0.717, 1.165) is 22.6 Å². The monoisotopic (exact) mass is 319 g/mol. The van der Waals surface area contributed by atoms with Crippen LogP contribution < -0.4 is 5.32 Å². The lowest BCUT2D eigenvalue weighted by Gasteiger charge is -2.19. The Morgan fingerprint density at radius 1 is 1.43 bits per heavy atom. The Labute approximate surface area is 134 Å². The zero-order valence-corrected chi connectivity index (χ0v) is 13.5. The van der Waals surface area contributed by atoms with Gasteiger partial charge in [0, 0.05) is 19.0 Å². The van der Waals surface area contributed by atoms with Gasteiger partial charge in [0.05, 0.1) is 6.61 Å². The molecule has 1 atom stereocenters. The molecule has 0 bridgehead atoms. The van der Waals surface area contributed by atoms with Gasteiger partial charge in [-0.05, 0) is 30.5 Å². The molecule has 1 aliphatic rings. The van der Waals surface area contributed by atoms with Crippen LogP contribution in [0.5, 0.6) is 0 Å². The Bertz CT molecular complexity index is 642. The number of ether oxygens (including phenoxy) is 1. The van der Waals surface area contributed by atoms with Gasteiger partial charge in [-0.25, -0.2) is 0 Å². The predicted molar refractivity (Wildman–Crippen MR) is 85.5 cm³/mol. The molecule has 0 saturated carbocycles. The third-order valence-corrected chi connectivity index (χ3v) is 3.57. The second kappa shape index (κ2) is 7.23. The first-order valence-electron chi connectivity index (χ1n) is 7.52. The summed E-state index contributed by atoms with van der Waals surface area (Å²) in [6, 6.07) is 5.25. The summed E-state index contributed by atoms with van der Waals surface area (Å²) in [5, 5.41) is 17.1. The number of anilines is 1. The van der Waals surface area contributed by atoms with Crippen molar-refractivity contribution >= 4 is 23.4 Å². The lowest BCUT2D eigenvalue weighted by molar-refractivity contribution is -0.143. The lowest BCUT2D eigenvalue weighted by Crippen LogP contribution is -2.42. The largest absolute Gasteiger partial charge is 0.444 e. The summed E-state index contributed by atoms with van der Waals surface area (Å²) in [5.74, 6) is -0.464. The minimum absolute atomic E-state index is 0.112. The van der Waals surface area contributed by atoms with Crippen LogP contribution in [0.1, 0.15) is 37.8 Å². The quantitative estimate of drug-likeness (QED) is 0.865. The maximum Gasteiger partial charge on any atom is 0.289 e. The molecule has 2 N–H and O–H groups in total. The number of nitrogens with zero attached hydrogens (tertiary/aromatic N) is 2. The van der Waals surface area contributed by atoms with E-state index in [1.165, 1.54) is 6.92 Å². The van der Waals surface area contributed by atoms with E-state index < -0.39 is 12.1 Å². The van der Waals surface area contributed by atoms with Gasteiger partial charge in [-0.3, -0.25) is 9.59 Å². The number of rotatable bonds is 5. The van der Waals surface area contributed by atoms with Gasteiger partial charge in [-0.1, -0.05) is 19.1 Å². The Balaban J connectivity index is 2.16. The van der Waals surface area contributed by atoms with Crippen LogP contribution in [-0.4, -0.2) is 34.1 Å². The number of carbonyl (C=O) groups is 2. The third-order valence-electron chi connectivity index (χ3n) is 3.57. The summed E-state index contributed by atoms with van der Waals surface area (Å²) in [4.78, 5) is 24.1. The first-order valence-corrected chi connectivity index (χ1v) is 7.52. The second-order valence-electron chi connectivity index (χ2n) is 5.31. The molecule has 0 fully saturated rings. The molecule has 2 amide bonds. The lowest BCUT2D eigenvalue weighted by atomic mass is 10.1. The average Bonchev–Trinajstić information content (AvgIpc) is 2.94. The van der Waals surface area contributed by atoms with Crippen LogP contribution >= 0.6 is 0 Å². The molecule has 1 aromatic rings. The first kappa shape index (κ1) is 17.0. The highest BCUT2D eigenvalue weighted by molar-refractivity contribution is 5.99. The molecule has 0 aliphatic carbocycles. The fraction of sp³-hybridized carbons (Fsp3) is 0.438. The van der Waals surface area contributed by atoms with Crippen LogP contribution in [0, 0.1) is 6.92 Å². The Kier molecular flexibility index (Phi) is 5.33. The van der Waals surface area contributed by atoms with Crippen LogP contribution in [0.15, 0.2) is 23.3 Å².